The summed E-state index contributed by atoms with van der Waals surface area (Å²) in [6.07, 6.45) is 0. The molecule has 2 aromatic rings. The summed E-state index contributed by atoms with van der Waals surface area (Å²) < 4.78 is 0. The van der Waals surface area contributed by atoms with Gasteiger partial charge < -0.3 is 10.6 Å². The molecule has 128 valence electrons. The van der Waals surface area contributed by atoms with Gasteiger partial charge in [0.2, 0.25) is 5.91 Å². The lowest BCUT2D eigenvalue weighted by Gasteiger charge is -2.12. The molecule has 0 saturated carbocycles. The summed E-state index contributed by atoms with van der Waals surface area (Å²) in [6.45, 7) is 4.19. The number of hydrogen-bond donors (Lipinski definition) is 2. The van der Waals surface area contributed by atoms with Gasteiger partial charge in [-0.25, -0.2) is 4.79 Å². The molecule has 6 heteroatoms. The van der Waals surface area contributed by atoms with Gasteiger partial charge in [0.15, 0.2) is 0 Å². The van der Waals surface area contributed by atoms with Gasteiger partial charge in [0.05, 0.1) is 13.1 Å². The molecule has 2 aromatic carbocycles. The molecule has 1 saturated heterocycles. The number of anilines is 1. The quantitative estimate of drug-likeness (QED) is 0.842. The van der Waals surface area contributed by atoms with Crippen molar-refractivity contribution < 1.29 is 14.4 Å². The second-order valence-corrected chi connectivity index (χ2v) is 6.17. The number of urea groups is 1. The molecule has 2 N–H and O–H groups in total. The van der Waals surface area contributed by atoms with Gasteiger partial charge in [-0.3, -0.25) is 14.5 Å². The van der Waals surface area contributed by atoms with Crippen molar-refractivity contribution in [3.8, 4) is 0 Å². The van der Waals surface area contributed by atoms with E-state index >= 15 is 0 Å². The lowest BCUT2D eigenvalue weighted by Crippen LogP contribution is -2.30. The van der Waals surface area contributed by atoms with E-state index < -0.39 is 0 Å². The maximum atomic E-state index is 12.4. The third kappa shape index (κ3) is 3.85. The van der Waals surface area contributed by atoms with Gasteiger partial charge in [-0.1, -0.05) is 18.2 Å². The van der Waals surface area contributed by atoms with Gasteiger partial charge >= 0.3 is 6.03 Å². The van der Waals surface area contributed by atoms with Gasteiger partial charge in [0.25, 0.3) is 5.91 Å². The summed E-state index contributed by atoms with van der Waals surface area (Å²) in [5.41, 5.74) is 4.22. The molecular weight excluding hydrogens is 318 g/mol. The average molecular weight is 337 g/mol. The Bertz CT molecular complexity index is 807. The smallest absolute Gasteiger partial charge is 0.324 e. The van der Waals surface area contributed by atoms with Crippen molar-refractivity contribution in [1.29, 1.82) is 0 Å². The molecule has 3 rings (SSSR count). The van der Waals surface area contributed by atoms with Gasteiger partial charge in [-0.2, -0.15) is 0 Å². The van der Waals surface area contributed by atoms with E-state index in [9.17, 15) is 14.4 Å². The maximum Gasteiger partial charge on any atom is 0.324 e. The van der Waals surface area contributed by atoms with Crippen LogP contribution in [0, 0.1) is 13.8 Å². The normalized spacial score (nSPS) is 13.8. The van der Waals surface area contributed by atoms with E-state index in [-0.39, 0.29) is 30.9 Å². The van der Waals surface area contributed by atoms with E-state index in [1.807, 2.05) is 32.0 Å². The highest BCUT2D eigenvalue weighted by molar-refractivity contribution is 6.04. The Hall–Kier alpha value is -3.15. The molecule has 6 nitrogen and oxygen atoms in total. The maximum absolute atomic E-state index is 12.4. The van der Waals surface area contributed by atoms with Crippen LogP contribution in [0.25, 0.3) is 0 Å². The fraction of sp³-hybridized carbons (Fsp3) is 0.211. The summed E-state index contributed by atoms with van der Waals surface area (Å²) >= 11 is 0. The molecule has 1 aliphatic heterocycles. The molecule has 0 spiro atoms. The first-order chi connectivity index (χ1) is 11.9. The number of nitrogens with one attached hydrogen (secondary N) is 2. The zero-order valence-electron chi connectivity index (χ0n) is 14.1. The topological polar surface area (TPSA) is 78.5 Å². The average Bonchev–Trinajstić information content (AvgIpc) is 2.86. The zero-order chi connectivity index (χ0) is 18.0. The van der Waals surface area contributed by atoms with Gasteiger partial charge in [0.1, 0.15) is 0 Å². The minimum Gasteiger partial charge on any atom is -0.329 e. The number of hydrogen-bond acceptors (Lipinski definition) is 3. The molecule has 0 unspecified atom stereocenters. The lowest BCUT2D eigenvalue weighted by atomic mass is 10.1. The Morgan fingerprint density at radius 2 is 1.72 bits per heavy atom. The number of benzene rings is 2. The summed E-state index contributed by atoms with van der Waals surface area (Å²) in [6, 6.07) is 12.3. The first-order valence-corrected chi connectivity index (χ1v) is 7.99. The lowest BCUT2D eigenvalue weighted by molar-refractivity contribution is -0.125. The summed E-state index contributed by atoms with van der Waals surface area (Å²) in [4.78, 5) is 36.7. The molecule has 1 heterocycles. The highest BCUT2D eigenvalue weighted by atomic mass is 16.2. The van der Waals surface area contributed by atoms with E-state index in [1.54, 1.807) is 24.3 Å². The Morgan fingerprint density at radius 1 is 1.08 bits per heavy atom. The number of nitrogens with zero attached hydrogens (tertiary/aromatic N) is 1. The number of aryl methyl sites for hydroxylation is 2. The zero-order valence-corrected chi connectivity index (χ0v) is 14.1. The van der Waals surface area contributed by atoms with Crippen molar-refractivity contribution in [2.75, 3.05) is 11.9 Å². The fourth-order valence-electron chi connectivity index (χ4n) is 2.81. The second-order valence-electron chi connectivity index (χ2n) is 6.17. The van der Waals surface area contributed by atoms with Gasteiger partial charge in [-0.05, 0) is 54.8 Å². The van der Waals surface area contributed by atoms with Crippen LogP contribution in [-0.2, 0) is 11.3 Å². The SMILES string of the molecule is Cc1cc(C)cc(NC(=O)c2ccc(CN3C(=O)CNC3=O)cc2)c1. The van der Waals surface area contributed by atoms with Gasteiger partial charge in [0, 0.05) is 11.3 Å². The molecule has 1 aliphatic rings. The predicted octanol–water partition coefficient (Wildman–Crippen LogP) is 2.61. The van der Waals surface area contributed by atoms with Crippen LogP contribution < -0.4 is 10.6 Å². The third-order valence-corrected chi connectivity index (χ3v) is 3.97. The Balaban J connectivity index is 1.68. The number of carbonyl (C=O) groups is 3. The fourth-order valence-corrected chi connectivity index (χ4v) is 2.81. The molecule has 0 radical (unpaired) electrons. The Morgan fingerprint density at radius 3 is 2.28 bits per heavy atom. The number of amides is 4. The molecule has 0 aliphatic carbocycles. The third-order valence-electron chi connectivity index (χ3n) is 3.97. The molecule has 1 fully saturated rings. The van der Waals surface area contributed by atoms with Crippen molar-refractivity contribution >= 4 is 23.5 Å². The van der Waals surface area contributed by atoms with Crippen LogP contribution in [0.15, 0.2) is 42.5 Å². The molecule has 0 atom stereocenters. The first-order valence-electron chi connectivity index (χ1n) is 7.99. The largest absolute Gasteiger partial charge is 0.329 e. The van der Waals surface area contributed by atoms with E-state index in [4.69, 9.17) is 0 Å². The van der Waals surface area contributed by atoms with Crippen molar-refractivity contribution in [3.05, 3.63) is 64.7 Å². The van der Waals surface area contributed by atoms with Crippen molar-refractivity contribution in [2.24, 2.45) is 0 Å². The Labute approximate surface area is 145 Å². The van der Waals surface area contributed by atoms with Crippen LogP contribution in [-0.4, -0.2) is 29.3 Å². The number of imide groups is 1. The highest BCUT2D eigenvalue weighted by Gasteiger charge is 2.28. The predicted molar refractivity (Wildman–Crippen MR) is 94.3 cm³/mol. The summed E-state index contributed by atoms with van der Waals surface area (Å²) in [5, 5.41) is 5.36. The van der Waals surface area contributed by atoms with Crippen molar-refractivity contribution in [2.45, 2.75) is 20.4 Å². The molecule has 25 heavy (non-hydrogen) atoms. The van der Waals surface area contributed by atoms with E-state index in [2.05, 4.69) is 10.6 Å². The summed E-state index contributed by atoms with van der Waals surface area (Å²) in [7, 11) is 0. The minimum absolute atomic E-state index is 0.0369. The van der Waals surface area contributed by atoms with Crippen LogP contribution in [0.3, 0.4) is 0 Å². The first kappa shape index (κ1) is 16.7. The van der Waals surface area contributed by atoms with Crippen molar-refractivity contribution in [3.63, 3.8) is 0 Å². The van der Waals surface area contributed by atoms with Crippen LogP contribution in [0.4, 0.5) is 10.5 Å². The highest BCUT2D eigenvalue weighted by Crippen LogP contribution is 2.16. The number of rotatable bonds is 4. The molecule has 0 aromatic heterocycles. The molecule has 0 bridgehead atoms. The summed E-state index contributed by atoms with van der Waals surface area (Å²) in [5.74, 6) is -0.451. The van der Waals surface area contributed by atoms with Crippen LogP contribution in [0.5, 0.6) is 0 Å². The number of carbonyl (C=O) groups excluding carboxylic acids is 3. The van der Waals surface area contributed by atoms with E-state index in [1.165, 1.54) is 0 Å². The van der Waals surface area contributed by atoms with Crippen LogP contribution in [0.2, 0.25) is 0 Å². The van der Waals surface area contributed by atoms with E-state index in [0.717, 1.165) is 27.3 Å². The molecule has 4 amide bonds. The van der Waals surface area contributed by atoms with Crippen LogP contribution >= 0.6 is 0 Å². The van der Waals surface area contributed by atoms with E-state index in [0.29, 0.717) is 5.56 Å². The molecular formula is C19H19N3O3. The van der Waals surface area contributed by atoms with Crippen LogP contribution in [0.1, 0.15) is 27.0 Å². The standard InChI is InChI=1S/C19H19N3O3/c1-12-7-13(2)9-16(8-12)21-18(24)15-5-3-14(4-6-15)11-22-17(23)10-20-19(22)25/h3-9H,10-11H2,1-2H3,(H,20,25)(H,21,24). The van der Waals surface area contributed by atoms with Crippen molar-refractivity contribution in [1.82, 2.24) is 10.2 Å². The monoisotopic (exact) mass is 337 g/mol. The van der Waals surface area contributed by atoms with Gasteiger partial charge in [-0.15, -0.1) is 0 Å². The Kier molecular flexibility index (Phi) is 4.52. The minimum atomic E-state index is -0.387. The second kappa shape index (κ2) is 6.76.